The molecule has 0 spiro atoms. The van der Waals surface area contributed by atoms with Crippen LogP contribution in [0, 0.1) is 0 Å². The van der Waals surface area contributed by atoms with E-state index in [2.05, 4.69) is 4.72 Å². The maximum absolute atomic E-state index is 10.9. The fourth-order valence-corrected chi connectivity index (χ4v) is 2.00. The van der Waals surface area contributed by atoms with Gasteiger partial charge in [0.25, 0.3) is 0 Å². The lowest BCUT2D eigenvalue weighted by molar-refractivity contribution is 0.578. The monoisotopic (exact) mass is 162 g/mol. The molecule has 1 fully saturated rings. The Labute approximate surface area is 61.9 Å². The second-order valence-corrected chi connectivity index (χ2v) is 4.41. The number of nitrogens with zero attached hydrogens (tertiary/aromatic N) is 1. The summed E-state index contributed by atoms with van der Waals surface area (Å²) in [7, 11) is -3.04. The summed E-state index contributed by atoms with van der Waals surface area (Å²) in [4.78, 5) is 0. The van der Waals surface area contributed by atoms with Crippen molar-refractivity contribution in [3.05, 3.63) is 0 Å². The summed E-state index contributed by atoms with van der Waals surface area (Å²) >= 11 is 0. The van der Waals surface area contributed by atoms with Gasteiger partial charge in [-0.15, -0.1) is 4.72 Å². The Morgan fingerprint density at radius 3 is 2.50 bits per heavy atom. The molecule has 0 aromatic carbocycles. The average Bonchev–Trinajstić information content (AvgIpc) is 2.48. The van der Waals surface area contributed by atoms with Crippen molar-refractivity contribution in [3.63, 3.8) is 0 Å². The van der Waals surface area contributed by atoms with Crippen LogP contribution in [-0.4, -0.2) is 20.2 Å². The Kier molecular flexibility index (Phi) is 2.31. The minimum Gasteiger partial charge on any atom is -0.211 e. The maximum Gasteiger partial charge on any atom is 0.228 e. The third kappa shape index (κ3) is 2.66. The maximum atomic E-state index is 10.9. The van der Waals surface area contributed by atoms with Crippen LogP contribution in [0.5, 0.6) is 0 Å². The number of hydrogen-bond acceptors (Lipinski definition) is 2. The molecule has 0 amide bonds. The van der Waals surface area contributed by atoms with Gasteiger partial charge in [0, 0.05) is 6.04 Å². The summed E-state index contributed by atoms with van der Waals surface area (Å²) in [5, 5.41) is 0. The molecule has 3 nitrogen and oxygen atoms in total. The Bertz CT molecular complexity index is 194. The summed E-state index contributed by atoms with van der Waals surface area (Å²) in [6.07, 6.45) is 2.59. The van der Waals surface area contributed by atoms with Gasteiger partial charge in [-0.25, -0.2) is 8.42 Å². The van der Waals surface area contributed by atoms with Crippen molar-refractivity contribution in [1.29, 1.82) is 0 Å². The smallest absolute Gasteiger partial charge is 0.211 e. The summed E-state index contributed by atoms with van der Waals surface area (Å²) in [5.41, 5.74) is 0. The van der Waals surface area contributed by atoms with Gasteiger partial charge in [-0.2, -0.15) is 0 Å². The van der Waals surface area contributed by atoms with Crippen molar-refractivity contribution in [2.75, 3.05) is 5.75 Å². The molecule has 0 heterocycles. The lowest BCUT2D eigenvalue weighted by Crippen LogP contribution is -2.20. The van der Waals surface area contributed by atoms with Crippen LogP contribution in [0.2, 0.25) is 0 Å². The van der Waals surface area contributed by atoms with E-state index in [9.17, 15) is 8.42 Å². The number of hydrogen-bond donors (Lipinski definition) is 0. The largest absolute Gasteiger partial charge is 0.228 e. The summed E-state index contributed by atoms with van der Waals surface area (Å²) in [6.45, 7) is 1.85. The SMILES string of the molecule is CCCS(=O)(=O)[N]C1CC1. The molecule has 59 valence electrons. The zero-order valence-corrected chi connectivity index (χ0v) is 6.89. The predicted molar refractivity (Wildman–Crippen MR) is 39.2 cm³/mol. The minimum absolute atomic E-state index is 0.136. The Morgan fingerprint density at radius 2 is 2.10 bits per heavy atom. The van der Waals surface area contributed by atoms with Gasteiger partial charge >= 0.3 is 0 Å². The first-order chi connectivity index (χ1) is 4.64. The molecule has 0 N–H and O–H groups in total. The summed E-state index contributed by atoms with van der Waals surface area (Å²) in [5.74, 6) is 0.212. The second kappa shape index (κ2) is 2.88. The lowest BCUT2D eigenvalue weighted by Gasteiger charge is -1.98. The van der Waals surface area contributed by atoms with E-state index in [0.29, 0.717) is 6.42 Å². The van der Waals surface area contributed by atoms with E-state index in [0.717, 1.165) is 12.8 Å². The molecule has 1 aliphatic rings. The normalized spacial score (nSPS) is 19.3. The molecular formula is C6H12NO2S. The fourth-order valence-electron chi connectivity index (χ4n) is 0.718. The molecule has 0 atom stereocenters. The molecule has 4 heteroatoms. The van der Waals surface area contributed by atoms with Crippen molar-refractivity contribution in [3.8, 4) is 0 Å². The Hall–Kier alpha value is -0.0900. The van der Waals surface area contributed by atoms with E-state index in [-0.39, 0.29) is 11.8 Å². The van der Waals surface area contributed by atoms with Gasteiger partial charge in [0.15, 0.2) is 0 Å². The van der Waals surface area contributed by atoms with Gasteiger partial charge in [0.2, 0.25) is 10.0 Å². The van der Waals surface area contributed by atoms with Crippen LogP contribution >= 0.6 is 0 Å². The number of sulfonamides is 1. The topological polar surface area (TPSA) is 48.2 Å². The highest BCUT2D eigenvalue weighted by molar-refractivity contribution is 7.89. The third-order valence-electron chi connectivity index (χ3n) is 1.32. The van der Waals surface area contributed by atoms with Crippen LogP contribution < -0.4 is 4.72 Å². The summed E-state index contributed by atoms with van der Waals surface area (Å²) in [6, 6.07) is 0.136. The van der Waals surface area contributed by atoms with Crippen LogP contribution in [0.25, 0.3) is 0 Å². The quantitative estimate of drug-likeness (QED) is 0.604. The van der Waals surface area contributed by atoms with Crippen LogP contribution in [0.1, 0.15) is 26.2 Å². The molecule has 0 aromatic heterocycles. The molecule has 10 heavy (non-hydrogen) atoms. The van der Waals surface area contributed by atoms with Crippen LogP contribution in [0.4, 0.5) is 0 Å². The van der Waals surface area contributed by atoms with Crippen molar-refractivity contribution < 1.29 is 8.42 Å². The first-order valence-electron chi connectivity index (χ1n) is 3.59. The molecule has 1 rings (SSSR count). The zero-order chi connectivity index (χ0) is 7.61. The number of rotatable bonds is 4. The van der Waals surface area contributed by atoms with E-state index in [4.69, 9.17) is 0 Å². The minimum atomic E-state index is -3.04. The highest BCUT2D eigenvalue weighted by atomic mass is 32.2. The molecule has 0 unspecified atom stereocenters. The molecule has 0 aromatic rings. The Balaban J connectivity index is 2.34. The van der Waals surface area contributed by atoms with Crippen LogP contribution in [0.15, 0.2) is 0 Å². The van der Waals surface area contributed by atoms with Crippen molar-refractivity contribution in [2.24, 2.45) is 0 Å². The van der Waals surface area contributed by atoms with Gasteiger partial charge in [-0.05, 0) is 19.3 Å². The van der Waals surface area contributed by atoms with E-state index in [1.54, 1.807) is 0 Å². The van der Waals surface area contributed by atoms with Gasteiger partial charge in [0.1, 0.15) is 0 Å². The molecule has 0 saturated heterocycles. The second-order valence-electron chi connectivity index (χ2n) is 2.62. The van der Waals surface area contributed by atoms with Crippen LogP contribution in [-0.2, 0) is 10.0 Å². The van der Waals surface area contributed by atoms with Gasteiger partial charge in [-0.3, -0.25) is 0 Å². The first kappa shape index (κ1) is 8.01. The van der Waals surface area contributed by atoms with Crippen LogP contribution in [0.3, 0.4) is 0 Å². The van der Waals surface area contributed by atoms with E-state index >= 15 is 0 Å². The zero-order valence-electron chi connectivity index (χ0n) is 6.08. The highest BCUT2D eigenvalue weighted by Gasteiger charge is 2.28. The van der Waals surface area contributed by atoms with E-state index in [1.807, 2.05) is 6.92 Å². The fraction of sp³-hybridized carbons (Fsp3) is 1.00. The highest BCUT2D eigenvalue weighted by Crippen LogP contribution is 2.21. The third-order valence-corrected chi connectivity index (χ3v) is 2.86. The average molecular weight is 162 g/mol. The van der Waals surface area contributed by atoms with Gasteiger partial charge < -0.3 is 0 Å². The van der Waals surface area contributed by atoms with Gasteiger partial charge in [0.05, 0.1) is 5.75 Å². The lowest BCUT2D eigenvalue weighted by atomic mass is 10.6. The molecule has 0 aliphatic heterocycles. The predicted octanol–water partition coefficient (Wildman–Crippen LogP) is 0.493. The standard InChI is InChI=1S/C6H12NO2S/c1-2-5-10(8,9)7-6-3-4-6/h6H,2-5H2,1H3. The molecule has 1 saturated carbocycles. The Morgan fingerprint density at radius 1 is 1.50 bits per heavy atom. The summed E-state index contributed by atoms with van der Waals surface area (Å²) < 4.78 is 25.5. The van der Waals surface area contributed by atoms with Gasteiger partial charge in [-0.1, -0.05) is 6.92 Å². The van der Waals surface area contributed by atoms with E-state index in [1.165, 1.54) is 0 Å². The molecule has 0 bridgehead atoms. The molecule has 1 aliphatic carbocycles. The first-order valence-corrected chi connectivity index (χ1v) is 5.20. The molecule has 1 radical (unpaired) electrons. The van der Waals surface area contributed by atoms with E-state index < -0.39 is 10.0 Å². The van der Waals surface area contributed by atoms with Crippen molar-refractivity contribution in [2.45, 2.75) is 32.2 Å². The van der Waals surface area contributed by atoms with Crippen molar-refractivity contribution >= 4 is 10.0 Å². The van der Waals surface area contributed by atoms with Crippen molar-refractivity contribution in [1.82, 2.24) is 4.72 Å². The molecular weight excluding hydrogens is 150 g/mol.